The first-order valence-corrected chi connectivity index (χ1v) is 10.3. The van der Waals surface area contributed by atoms with Crippen molar-refractivity contribution in [1.29, 1.82) is 0 Å². The highest BCUT2D eigenvalue weighted by Gasteiger charge is 2.60. The van der Waals surface area contributed by atoms with Gasteiger partial charge in [0.15, 0.2) is 5.60 Å². The van der Waals surface area contributed by atoms with Gasteiger partial charge in [-0.2, -0.15) is 13.2 Å². The summed E-state index contributed by atoms with van der Waals surface area (Å²) in [6.07, 6.45) is -6.49. The third kappa shape index (κ3) is 3.40. The minimum atomic E-state index is -4.77. The van der Waals surface area contributed by atoms with E-state index in [-0.39, 0.29) is 29.2 Å². The molecule has 3 N–H and O–H groups in total. The molecule has 4 nitrogen and oxygen atoms in total. The Morgan fingerprint density at radius 3 is 2.23 bits per heavy atom. The number of carbonyl (C=O) groups excluding carboxylic acids is 1. The van der Waals surface area contributed by atoms with Gasteiger partial charge in [0.2, 0.25) is 0 Å². The van der Waals surface area contributed by atoms with E-state index in [2.05, 4.69) is 5.32 Å². The molecule has 1 saturated carbocycles. The van der Waals surface area contributed by atoms with Crippen molar-refractivity contribution in [2.24, 2.45) is 0 Å². The average Bonchev–Trinajstić information content (AvgIpc) is 2.95. The number of hydrogen-bond donors (Lipinski definition) is 3. The van der Waals surface area contributed by atoms with Crippen LogP contribution in [0.2, 0.25) is 5.02 Å². The predicted molar refractivity (Wildman–Crippen MR) is 112 cm³/mol. The van der Waals surface area contributed by atoms with Crippen LogP contribution in [0.5, 0.6) is 0 Å². The summed E-state index contributed by atoms with van der Waals surface area (Å²) in [4.78, 5) is 12.9. The van der Waals surface area contributed by atoms with Crippen molar-refractivity contribution in [3.8, 4) is 11.1 Å². The summed E-state index contributed by atoms with van der Waals surface area (Å²) in [5, 5.41) is 24.0. The SMILES string of the molecule is Cc1ccc(-c2ccccc2)c(Cl)c1C1=C(O)C2(CCC(O)(C(F)(F)F)CC2)NC1=O. The van der Waals surface area contributed by atoms with Gasteiger partial charge in [-0.3, -0.25) is 4.79 Å². The number of rotatable bonds is 2. The molecule has 1 aliphatic heterocycles. The maximum atomic E-state index is 13.2. The molecule has 31 heavy (non-hydrogen) atoms. The summed E-state index contributed by atoms with van der Waals surface area (Å²) < 4.78 is 39.6. The van der Waals surface area contributed by atoms with E-state index < -0.39 is 36.1 Å². The summed E-state index contributed by atoms with van der Waals surface area (Å²) in [6, 6.07) is 12.9. The van der Waals surface area contributed by atoms with Gasteiger partial charge in [-0.25, -0.2) is 0 Å². The van der Waals surface area contributed by atoms with Crippen LogP contribution in [0.4, 0.5) is 13.2 Å². The van der Waals surface area contributed by atoms with Gasteiger partial charge in [0, 0.05) is 11.1 Å². The zero-order chi connectivity index (χ0) is 22.6. The minimum Gasteiger partial charge on any atom is -0.509 e. The summed E-state index contributed by atoms with van der Waals surface area (Å²) in [5.74, 6) is -0.915. The van der Waals surface area contributed by atoms with Crippen molar-refractivity contribution in [3.05, 3.63) is 64.4 Å². The number of hydrogen-bond acceptors (Lipinski definition) is 3. The van der Waals surface area contributed by atoms with Crippen molar-refractivity contribution in [2.75, 3.05) is 0 Å². The van der Waals surface area contributed by atoms with E-state index in [9.17, 15) is 28.2 Å². The fourth-order valence-corrected chi connectivity index (χ4v) is 4.89. The number of aryl methyl sites for hydroxylation is 1. The first-order chi connectivity index (χ1) is 14.5. The van der Waals surface area contributed by atoms with Gasteiger partial charge in [0.25, 0.3) is 5.91 Å². The molecule has 0 atom stereocenters. The van der Waals surface area contributed by atoms with Crippen LogP contribution in [0.1, 0.15) is 36.8 Å². The number of carbonyl (C=O) groups is 1. The Bertz CT molecular complexity index is 1070. The van der Waals surface area contributed by atoms with E-state index in [0.717, 1.165) is 5.56 Å². The standard InChI is InChI=1S/C23H21ClF3NO3/c1-13-7-8-15(14-5-3-2-4-6-14)18(24)16(13)17-19(29)21(28-20(17)30)9-11-22(31,12-10-21)23(25,26)27/h2-8,29,31H,9-12H2,1H3,(H,28,30). The van der Waals surface area contributed by atoms with Crippen LogP contribution in [-0.2, 0) is 4.79 Å². The largest absolute Gasteiger partial charge is 0.509 e. The second-order valence-corrected chi connectivity index (χ2v) is 8.65. The van der Waals surface area contributed by atoms with Gasteiger partial charge in [-0.1, -0.05) is 54.1 Å². The molecule has 0 bridgehead atoms. The topological polar surface area (TPSA) is 69.6 Å². The zero-order valence-corrected chi connectivity index (χ0v) is 17.4. The average molecular weight is 452 g/mol. The number of benzene rings is 2. The highest BCUT2D eigenvalue weighted by Crippen LogP contribution is 2.50. The second kappa shape index (κ2) is 7.28. The third-order valence-electron chi connectivity index (χ3n) is 6.41. The Balaban J connectivity index is 1.77. The Morgan fingerprint density at radius 1 is 1.03 bits per heavy atom. The normalized spacial score (nSPS) is 26.5. The van der Waals surface area contributed by atoms with E-state index >= 15 is 0 Å². The van der Waals surface area contributed by atoms with Crippen LogP contribution in [0.15, 0.2) is 48.2 Å². The van der Waals surface area contributed by atoms with E-state index in [4.69, 9.17) is 11.6 Å². The number of aliphatic hydroxyl groups excluding tert-OH is 1. The maximum absolute atomic E-state index is 13.2. The molecule has 2 aliphatic rings. The van der Waals surface area contributed by atoms with Crippen LogP contribution < -0.4 is 5.32 Å². The maximum Gasteiger partial charge on any atom is 0.417 e. The molecule has 2 aromatic rings. The molecule has 1 spiro atoms. The predicted octanol–water partition coefficient (Wildman–Crippen LogP) is 5.32. The molecule has 0 radical (unpaired) electrons. The fourth-order valence-electron chi connectivity index (χ4n) is 4.47. The Hall–Kier alpha value is -2.51. The number of nitrogens with one attached hydrogen (secondary N) is 1. The van der Waals surface area contributed by atoms with Gasteiger partial charge in [0.05, 0.1) is 16.1 Å². The summed E-state index contributed by atoms with van der Waals surface area (Å²) in [5.41, 5.74) is -1.69. The van der Waals surface area contributed by atoms with Gasteiger partial charge >= 0.3 is 6.18 Å². The van der Waals surface area contributed by atoms with E-state index in [1.54, 1.807) is 13.0 Å². The van der Waals surface area contributed by atoms with Gasteiger partial charge in [-0.05, 0) is 43.7 Å². The van der Waals surface area contributed by atoms with Crippen LogP contribution in [0, 0.1) is 6.92 Å². The van der Waals surface area contributed by atoms with Gasteiger partial charge < -0.3 is 15.5 Å². The summed E-state index contributed by atoms with van der Waals surface area (Å²) in [7, 11) is 0. The molecule has 0 saturated heterocycles. The van der Waals surface area contributed by atoms with E-state index in [1.165, 1.54) is 0 Å². The van der Waals surface area contributed by atoms with Gasteiger partial charge in [-0.15, -0.1) is 0 Å². The number of halogens is 4. The van der Waals surface area contributed by atoms with Crippen LogP contribution in [-0.4, -0.2) is 33.4 Å². The van der Waals surface area contributed by atoms with Crippen LogP contribution >= 0.6 is 11.6 Å². The fraction of sp³-hybridized carbons (Fsp3) is 0.348. The highest BCUT2D eigenvalue weighted by molar-refractivity contribution is 6.38. The quantitative estimate of drug-likeness (QED) is 0.578. The third-order valence-corrected chi connectivity index (χ3v) is 6.81. The Morgan fingerprint density at radius 2 is 1.65 bits per heavy atom. The minimum absolute atomic E-state index is 0.0299. The molecule has 164 valence electrons. The lowest BCUT2D eigenvalue weighted by molar-refractivity contribution is -0.272. The van der Waals surface area contributed by atoms with Crippen LogP contribution in [0.3, 0.4) is 0 Å². The molecule has 0 unspecified atom stereocenters. The van der Waals surface area contributed by atoms with Crippen molar-refractivity contribution < 1.29 is 28.2 Å². The smallest absolute Gasteiger partial charge is 0.417 e. The van der Waals surface area contributed by atoms with Crippen molar-refractivity contribution in [2.45, 2.75) is 49.9 Å². The van der Waals surface area contributed by atoms with Crippen LogP contribution in [0.25, 0.3) is 16.7 Å². The lowest BCUT2D eigenvalue weighted by Crippen LogP contribution is -2.56. The molecule has 4 rings (SSSR count). The molecule has 1 fully saturated rings. The van der Waals surface area contributed by atoms with E-state index in [1.807, 2.05) is 36.4 Å². The van der Waals surface area contributed by atoms with E-state index in [0.29, 0.717) is 16.7 Å². The lowest BCUT2D eigenvalue weighted by atomic mass is 9.73. The first kappa shape index (κ1) is 21.7. The first-order valence-electron chi connectivity index (χ1n) is 9.89. The Labute approximate surface area is 182 Å². The molecule has 0 aromatic heterocycles. The Kier molecular flexibility index (Phi) is 5.10. The molecular weight excluding hydrogens is 431 g/mol. The highest BCUT2D eigenvalue weighted by atomic mass is 35.5. The summed E-state index contributed by atoms with van der Waals surface area (Å²) in [6.45, 7) is 1.75. The van der Waals surface area contributed by atoms with Gasteiger partial charge in [0.1, 0.15) is 5.76 Å². The molecular formula is C23H21ClF3NO3. The summed E-state index contributed by atoms with van der Waals surface area (Å²) >= 11 is 6.68. The molecule has 2 aromatic carbocycles. The lowest BCUT2D eigenvalue weighted by Gasteiger charge is -2.42. The number of alkyl halides is 3. The van der Waals surface area contributed by atoms with Crippen molar-refractivity contribution in [3.63, 3.8) is 0 Å². The molecule has 1 aliphatic carbocycles. The monoisotopic (exact) mass is 451 g/mol. The number of aliphatic hydroxyl groups is 2. The molecule has 8 heteroatoms. The zero-order valence-electron chi connectivity index (χ0n) is 16.7. The molecule has 1 amide bonds. The second-order valence-electron chi connectivity index (χ2n) is 8.27. The van der Waals surface area contributed by atoms with Crippen molar-refractivity contribution >= 4 is 23.1 Å². The van der Waals surface area contributed by atoms with Crippen molar-refractivity contribution in [1.82, 2.24) is 5.32 Å². The molecule has 1 heterocycles. The number of amides is 1.